The van der Waals surface area contributed by atoms with E-state index in [9.17, 15) is 22.8 Å². The van der Waals surface area contributed by atoms with Crippen molar-refractivity contribution in [1.29, 1.82) is 0 Å². The van der Waals surface area contributed by atoms with Crippen LogP contribution < -0.4 is 14.9 Å². The lowest BCUT2D eigenvalue weighted by Crippen LogP contribution is -2.45. The van der Waals surface area contributed by atoms with E-state index < -0.39 is 34.6 Å². The Morgan fingerprint density at radius 1 is 1.06 bits per heavy atom. The summed E-state index contributed by atoms with van der Waals surface area (Å²) in [7, 11) is -3.89. The molecular formula is C23H23N3O7S. The van der Waals surface area contributed by atoms with Crippen LogP contribution in [0.2, 0.25) is 0 Å². The number of carbonyl (C=O) groups excluding carboxylic acids is 3. The Morgan fingerprint density at radius 3 is 2.65 bits per heavy atom. The highest BCUT2D eigenvalue weighted by atomic mass is 32.2. The predicted octanol–water partition coefficient (Wildman–Crippen LogP) is 1.72. The average molecular weight is 486 g/mol. The molecule has 11 heteroatoms. The van der Waals surface area contributed by atoms with Crippen molar-refractivity contribution in [2.45, 2.75) is 18.2 Å². The number of nitrogens with zero attached hydrogens (tertiary/aromatic N) is 1. The Balaban J connectivity index is 1.52. The van der Waals surface area contributed by atoms with Crippen molar-refractivity contribution >= 4 is 33.7 Å². The second kappa shape index (κ2) is 9.56. The Morgan fingerprint density at radius 2 is 1.85 bits per heavy atom. The number of rotatable bonds is 7. The van der Waals surface area contributed by atoms with Gasteiger partial charge in [0, 0.05) is 6.54 Å². The smallest absolute Gasteiger partial charge is 0.338 e. The van der Waals surface area contributed by atoms with Gasteiger partial charge in [-0.2, -0.15) is 0 Å². The van der Waals surface area contributed by atoms with Crippen LogP contribution in [0.4, 0.5) is 10.5 Å². The molecule has 2 amide bonds. The van der Waals surface area contributed by atoms with E-state index in [-0.39, 0.29) is 34.9 Å². The van der Waals surface area contributed by atoms with Crippen LogP contribution in [0.15, 0.2) is 64.7 Å². The van der Waals surface area contributed by atoms with Crippen molar-refractivity contribution in [3.63, 3.8) is 0 Å². The molecule has 178 valence electrons. The lowest BCUT2D eigenvalue weighted by atomic mass is 10.1. The standard InChI is InChI=1S/C23H23N3O7S/c1-2-32-22(28)18-13-24-23(29)25-19(18)14-33-21(27)16-7-5-8-17(12-16)34(30,31)26-11-10-15-6-3-4-9-20(15)26/h3-9,12H,2,10-11,13-14H2,1H3,(H2,24,25,29). The van der Waals surface area contributed by atoms with Gasteiger partial charge < -0.3 is 20.1 Å². The Labute approximate surface area is 196 Å². The minimum absolute atomic E-state index is 0.0205. The molecule has 10 nitrogen and oxygen atoms in total. The number of fused-ring (bicyclic) bond motifs is 1. The highest BCUT2D eigenvalue weighted by Crippen LogP contribution is 2.32. The number of sulfonamides is 1. The van der Waals surface area contributed by atoms with Gasteiger partial charge in [0.1, 0.15) is 6.61 Å². The first-order valence-corrected chi connectivity index (χ1v) is 12.1. The first-order valence-electron chi connectivity index (χ1n) is 10.6. The third kappa shape index (κ3) is 4.60. The van der Waals surface area contributed by atoms with Gasteiger partial charge in [-0.3, -0.25) is 4.31 Å². The molecule has 0 spiro atoms. The van der Waals surface area contributed by atoms with Crippen molar-refractivity contribution in [2.75, 3.05) is 30.6 Å². The van der Waals surface area contributed by atoms with Crippen LogP contribution in [0.25, 0.3) is 0 Å². The van der Waals surface area contributed by atoms with Crippen LogP contribution in [0.3, 0.4) is 0 Å². The molecule has 0 saturated heterocycles. The first kappa shape index (κ1) is 23.3. The second-order valence-corrected chi connectivity index (χ2v) is 9.41. The summed E-state index contributed by atoms with van der Waals surface area (Å²) in [6, 6.07) is 12.3. The van der Waals surface area contributed by atoms with Crippen molar-refractivity contribution in [3.05, 3.63) is 70.9 Å². The number of amides is 2. The van der Waals surface area contributed by atoms with Crippen molar-refractivity contribution < 1.29 is 32.3 Å². The van der Waals surface area contributed by atoms with Crippen LogP contribution in [0.5, 0.6) is 0 Å². The van der Waals surface area contributed by atoms with Crippen molar-refractivity contribution in [3.8, 4) is 0 Å². The molecule has 0 atom stereocenters. The minimum Gasteiger partial charge on any atom is -0.463 e. The maximum atomic E-state index is 13.3. The highest BCUT2D eigenvalue weighted by Gasteiger charge is 2.31. The number of nitrogens with one attached hydrogen (secondary N) is 2. The molecule has 0 saturated carbocycles. The number of anilines is 1. The van der Waals surface area contributed by atoms with Gasteiger partial charge in [-0.25, -0.2) is 22.8 Å². The Bertz CT molecular complexity index is 1290. The Hall–Kier alpha value is -3.86. The summed E-state index contributed by atoms with van der Waals surface area (Å²) in [5, 5.41) is 4.90. The van der Waals surface area contributed by atoms with E-state index in [0.29, 0.717) is 18.7 Å². The average Bonchev–Trinajstić information content (AvgIpc) is 3.28. The molecule has 2 aromatic rings. The molecule has 0 unspecified atom stereocenters. The number of carbonyl (C=O) groups is 3. The quantitative estimate of drug-likeness (QED) is 0.571. The molecule has 0 bridgehead atoms. The molecule has 2 N–H and O–H groups in total. The molecule has 2 aromatic carbocycles. The van der Waals surface area contributed by atoms with Crippen LogP contribution in [-0.2, 0) is 30.7 Å². The van der Waals surface area contributed by atoms with Gasteiger partial charge in [0.05, 0.1) is 40.6 Å². The van der Waals surface area contributed by atoms with Crippen molar-refractivity contribution in [2.24, 2.45) is 0 Å². The maximum Gasteiger partial charge on any atom is 0.338 e. The maximum absolute atomic E-state index is 13.3. The largest absolute Gasteiger partial charge is 0.463 e. The molecule has 2 aliphatic heterocycles. The number of ether oxygens (including phenoxy) is 2. The van der Waals surface area contributed by atoms with E-state index in [4.69, 9.17) is 9.47 Å². The second-order valence-electron chi connectivity index (χ2n) is 7.55. The summed E-state index contributed by atoms with van der Waals surface area (Å²) in [4.78, 5) is 36.4. The molecule has 0 aromatic heterocycles. The van der Waals surface area contributed by atoms with Crippen LogP contribution >= 0.6 is 0 Å². The molecule has 0 aliphatic carbocycles. The van der Waals surface area contributed by atoms with Crippen LogP contribution in [-0.4, -0.2) is 52.7 Å². The summed E-state index contributed by atoms with van der Waals surface area (Å²) >= 11 is 0. The summed E-state index contributed by atoms with van der Waals surface area (Å²) in [5.74, 6) is -1.44. The van der Waals surface area contributed by atoms with Gasteiger partial charge in [0.15, 0.2) is 0 Å². The number of hydrogen-bond donors (Lipinski definition) is 2. The third-order valence-electron chi connectivity index (χ3n) is 5.43. The topological polar surface area (TPSA) is 131 Å². The van der Waals surface area contributed by atoms with E-state index in [0.717, 1.165) is 5.56 Å². The zero-order valence-corrected chi connectivity index (χ0v) is 19.2. The third-order valence-corrected chi connectivity index (χ3v) is 7.24. The lowest BCUT2D eigenvalue weighted by Gasteiger charge is -2.21. The minimum atomic E-state index is -3.89. The summed E-state index contributed by atoms with van der Waals surface area (Å²) in [6.07, 6.45) is 0.607. The van der Waals surface area contributed by atoms with Crippen LogP contribution in [0, 0.1) is 0 Å². The van der Waals surface area contributed by atoms with Gasteiger partial charge in [-0.05, 0) is 43.2 Å². The van der Waals surface area contributed by atoms with E-state index in [1.807, 2.05) is 12.1 Å². The van der Waals surface area contributed by atoms with E-state index in [2.05, 4.69) is 10.6 Å². The summed E-state index contributed by atoms with van der Waals surface area (Å²) in [5.41, 5.74) is 1.82. The number of urea groups is 1. The first-order chi connectivity index (χ1) is 16.3. The summed E-state index contributed by atoms with van der Waals surface area (Å²) in [6.45, 7) is 1.65. The van der Waals surface area contributed by atoms with Crippen molar-refractivity contribution in [1.82, 2.24) is 10.6 Å². The SMILES string of the molecule is CCOC(=O)C1=C(COC(=O)c2cccc(S(=O)(=O)N3CCc4ccccc43)c2)NC(=O)NC1. The summed E-state index contributed by atoms with van der Waals surface area (Å²) < 4.78 is 38.1. The molecule has 4 rings (SSSR count). The lowest BCUT2D eigenvalue weighted by molar-refractivity contribution is -0.138. The van der Waals surface area contributed by atoms with Gasteiger partial charge >= 0.3 is 18.0 Å². The Kier molecular flexibility index (Phi) is 6.55. The number of esters is 2. The number of benzene rings is 2. The van der Waals surface area contributed by atoms with E-state index in [1.165, 1.54) is 28.6 Å². The molecule has 0 fully saturated rings. The van der Waals surface area contributed by atoms with Gasteiger partial charge in [-0.15, -0.1) is 0 Å². The van der Waals surface area contributed by atoms with Gasteiger partial charge in [-0.1, -0.05) is 24.3 Å². The predicted molar refractivity (Wildman–Crippen MR) is 122 cm³/mol. The highest BCUT2D eigenvalue weighted by molar-refractivity contribution is 7.92. The number of hydrogen-bond acceptors (Lipinski definition) is 7. The molecule has 2 aliphatic rings. The van der Waals surface area contributed by atoms with Crippen LogP contribution in [0.1, 0.15) is 22.8 Å². The molecule has 2 heterocycles. The number of para-hydroxylation sites is 1. The fourth-order valence-corrected chi connectivity index (χ4v) is 5.31. The van der Waals surface area contributed by atoms with E-state index in [1.54, 1.807) is 19.1 Å². The zero-order chi connectivity index (χ0) is 24.3. The fourth-order valence-electron chi connectivity index (χ4n) is 3.76. The monoisotopic (exact) mass is 485 g/mol. The van der Waals surface area contributed by atoms with Gasteiger partial charge in [0.25, 0.3) is 10.0 Å². The van der Waals surface area contributed by atoms with Gasteiger partial charge in [0.2, 0.25) is 0 Å². The fraction of sp³-hybridized carbons (Fsp3) is 0.261. The molecular weight excluding hydrogens is 462 g/mol. The molecule has 34 heavy (non-hydrogen) atoms. The van der Waals surface area contributed by atoms with E-state index >= 15 is 0 Å². The molecule has 0 radical (unpaired) electrons. The normalized spacial score (nSPS) is 15.3. The zero-order valence-electron chi connectivity index (χ0n) is 18.4.